The lowest BCUT2D eigenvalue weighted by Crippen LogP contribution is -2.42. The van der Waals surface area contributed by atoms with Gasteiger partial charge in [0, 0.05) is 16.2 Å². The molecule has 2 aliphatic heterocycles. The molecule has 136 valence electrons. The van der Waals surface area contributed by atoms with E-state index in [1.165, 1.54) is 11.3 Å². The van der Waals surface area contributed by atoms with Crippen LogP contribution in [0.5, 0.6) is 11.5 Å². The number of hydrogen-bond donors (Lipinski definition) is 0. The number of aromatic nitrogens is 1. The standard InChI is InChI=1S/C19H14BrN3O3S/c20-13-3-1-2-12(6-13)7-17-18(24)23-10-22(9-21-19(23)27-17)14-4-5-15-16(8-14)26-11-25-15/h1-8H,9-11H2/b17-7+. The number of thiazole rings is 1. The topological polar surface area (TPSA) is 56.1 Å². The molecule has 0 fully saturated rings. The molecule has 0 amide bonds. The number of ether oxygens (including phenoxy) is 2. The maximum atomic E-state index is 12.9. The number of benzene rings is 2. The van der Waals surface area contributed by atoms with Crippen LogP contribution in [0.25, 0.3) is 6.08 Å². The normalized spacial score (nSPS) is 15.6. The molecule has 0 bridgehead atoms. The molecule has 27 heavy (non-hydrogen) atoms. The van der Waals surface area contributed by atoms with E-state index in [1.54, 1.807) is 4.57 Å². The van der Waals surface area contributed by atoms with Crippen molar-refractivity contribution in [2.24, 2.45) is 4.99 Å². The first-order valence-electron chi connectivity index (χ1n) is 8.33. The SMILES string of the molecule is O=c1/c(=C\c2cccc(Br)c2)sc2n1CN(c1ccc3c(c1)OCO3)CN=2. The second kappa shape index (κ2) is 6.54. The molecule has 1 aromatic heterocycles. The van der Waals surface area contributed by atoms with Gasteiger partial charge in [0.1, 0.15) is 13.3 Å². The van der Waals surface area contributed by atoms with Gasteiger partial charge in [-0.2, -0.15) is 0 Å². The Balaban J connectivity index is 1.50. The molecule has 2 aromatic carbocycles. The molecule has 2 aliphatic rings. The maximum Gasteiger partial charge on any atom is 0.271 e. The molecule has 0 atom stereocenters. The minimum atomic E-state index is -0.0239. The van der Waals surface area contributed by atoms with Crippen LogP contribution in [-0.2, 0) is 6.67 Å². The Morgan fingerprint density at radius 2 is 2.04 bits per heavy atom. The highest BCUT2D eigenvalue weighted by Gasteiger charge is 2.19. The fourth-order valence-corrected chi connectivity index (χ4v) is 4.48. The van der Waals surface area contributed by atoms with E-state index in [2.05, 4.69) is 20.9 Å². The summed E-state index contributed by atoms with van der Waals surface area (Å²) in [5.74, 6) is 1.46. The van der Waals surface area contributed by atoms with E-state index in [-0.39, 0.29) is 12.4 Å². The van der Waals surface area contributed by atoms with Gasteiger partial charge in [-0.25, -0.2) is 4.99 Å². The van der Waals surface area contributed by atoms with Crippen LogP contribution < -0.4 is 29.3 Å². The van der Waals surface area contributed by atoms with Crippen LogP contribution in [0.3, 0.4) is 0 Å². The highest BCUT2D eigenvalue weighted by molar-refractivity contribution is 9.10. The number of anilines is 1. The van der Waals surface area contributed by atoms with Crippen molar-refractivity contribution in [1.82, 2.24) is 4.57 Å². The van der Waals surface area contributed by atoms with Gasteiger partial charge in [-0.05, 0) is 35.9 Å². The number of nitrogens with zero attached hydrogens (tertiary/aromatic N) is 3. The molecule has 5 rings (SSSR count). The van der Waals surface area contributed by atoms with Gasteiger partial charge < -0.3 is 14.4 Å². The van der Waals surface area contributed by atoms with Crippen molar-refractivity contribution in [1.29, 1.82) is 0 Å². The summed E-state index contributed by atoms with van der Waals surface area (Å²) in [7, 11) is 0. The minimum absolute atomic E-state index is 0.0239. The van der Waals surface area contributed by atoms with Crippen molar-refractivity contribution in [3.63, 3.8) is 0 Å². The largest absolute Gasteiger partial charge is 0.454 e. The Bertz CT molecular complexity index is 1220. The molecular weight excluding hydrogens is 430 g/mol. The fourth-order valence-electron chi connectivity index (χ4n) is 3.10. The van der Waals surface area contributed by atoms with Crippen LogP contribution in [-0.4, -0.2) is 18.0 Å². The Morgan fingerprint density at radius 3 is 2.93 bits per heavy atom. The summed E-state index contributed by atoms with van der Waals surface area (Å²) in [5.41, 5.74) is 1.90. The summed E-state index contributed by atoms with van der Waals surface area (Å²) >= 11 is 4.88. The quantitative estimate of drug-likeness (QED) is 0.609. The Hall–Kier alpha value is -2.58. The number of hydrogen-bond acceptors (Lipinski definition) is 6. The molecule has 0 saturated carbocycles. The first kappa shape index (κ1) is 16.6. The zero-order valence-corrected chi connectivity index (χ0v) is 16.5. The zero-order valence-electron chi connectivity index (χ0n) is 14.1. The smallest absolute Gasteiger partial charge is 0.271 e. The summed E-state index contributed by atoms with van der Waals surface area (Å²) < 4.78 is 14.2. The van der Waals surface area contributed by atoms with Gasteiger partial charge in [-0.3, -0.25) is 9.36 Å². The molecule has 8 heteroatoms. The number of rotatable bonds is 2. The lowest BCUT2D eigenvalue weighted by atomic mass is 10.2. The monoisotopic (exact) mass is 443 g/mol. The molecule has 3 aromatic rings. The van der Waals surface area contributed by atoms with Crippen molar-refractivity contribution in [2.75, 3.05) is 18.4 Å². The van der Waals surface area contributed by atoms with Crippen LogP contribution in [0.2, 0.25) is 0 Å². The van der Waals surface area contributed by atoms with Crippen LogP contribution in [0, 0.1) is 0 Å². The molecule has 0 radical (unpaired) electrons. The van der Waals surface area contributed by atoms with Gasteiger partial charge in [0.15, 0.2) is 16.3 Å². The number of fused-ring (bicyclic) bond motifs is 2. The highest BCUT2D eigenvalue weighted by atomic mass is 79.9. The summed E-state index contributed by atoms with van der Waals surface area (Å²) in [6, 6.07) is 13.6. The number of halogens is 1. The van der Waals surface area contributed by atoms with E-state index in [0.717, 1.165) is 32.0 Å². The average molecular weight is 444 g/mol. The van der Waals surface area contributed by atoms with Gasteiger partial charge in [0.25, 0.3) is 5.56 Å². The van der Waals surface area contributed by atoms with Gasteiger partial charge in [-0.1, -0.05) is 39.4 Å². The van der Waals surface area contributed by atoms with Crippen molar-refractivity contribution in [2.45, 2.75) is 6.67 Å². The van der Waals surface area contributed by atoms with Gasteiger partial charge in [0.05, 0.1) is 4.53 Å². The molecule has 0 unspecified atom stereocenters. The Morgan fingerprint density at radius 1 is 1.15 bits per heavy atom. The van der Waals surface area contributed by atoms with Crippen LogP contribution in [0.15, 0.2) is 56.7 Å². The van der Waals surface area contributed by atoms with Crippen LogP contribution >= 0.6 is 27.3 Å². The Kier molecular flexibility index (Phi) is 4.02. The van der Waals surface area contributed by atoms with Crippen LogP contribution in [0.4, 0.5) is 5.69 Å². The van der Waals surface area contributed by atoms with Gasteiger partial charge >= 0.3 is 0 Å². The van der Waals surface area contributed by atoms with Crippen LogP contribution in [0.1, 0.15) is 5.56 Å². The third-order valence-corrected chi connectivity index (χ3v) is 5.98. The molecule has 0 N–H and O–H groups in total. The molecule has 3 heterocycles. The second-order valence-corrected chi connectivity index (χ2v) is 8.12. The molecule has 0 aliphatic carbocycles. The second-order valence-electron chi connectivity index (χ2n) is 6.20. The fraction of sp³-hybridized carbons (Fsp3) is 0.158. The van der Waals surface area contributed by atoms with E-state index in [1.807, 2.05) is 53.4 Å². The summed E-state index contributed by atoms with van der Waals surface area (Å²) in [6.45, 7) is 1.20. The molecule has 6 nitrogen and oxygen atoms in total. The molecule has 0 spiro atoms. The maximum absolute atomic E-state index is 12.9. The van der Waals surface area contributed by atoms with Crippen molar-refractivity contribution < 1.29 is 9.47 Å². The highest BCUT2D eigenvalue weighted by Crippen LogP contribution is 2.35. The minimum Gasteiger partial charge on any atom is -0.454 e. The predicted octanol–water partition coefficient (Wildman–Crippen LogP) is 2.28. The van der Waals surface area contributed by atoms with E-state index < -0.39 is 0 Å². The molecule has 0 saturated heterocycles. The Labute approximate surface area is 166 Å². The lowest BCUT2D eigenvalue weighted by molar-refractivity contribution is 0.174. The predicted molar refractivity (Wildman–Crippen MR) is 107 cm³/mol. The van der Waals surface area contributed by atoms with E-state index in [4.69, 9.17) is 9.47 Å². The summed E-state index contributed by atoms with van der Waals surface area (Å²) in [6.07, 6.45) is 1.91. The van der Waals surface area contributed by atoms with E-state index in [9.17, 15) is 4.79 Å². The average Bonchev–Trinajstić information content (AvgIpc) is 3.26. The third-order valence-electron chi connectivity index (χ3n) is 4.44. The zero-order chi connectivity index (χ0) is 18.4. The van der Waals surface area contributed by atoms with E-state index >= 15 is 0 Å². The van der Waals surface area contributed by atoms with Gasteiger partial charge in [0.2, 0.25) is 6.79 Å². The first-order chi connectivity index (χ1) is 13.2. The van der Waals surface area contributed by atoms with Gasteiger partial charge in [-0.15, -0.1) is 0 Å². The summed E-state index contributed by atoms with van der Waals surface area (Å²) in [4.78, 5) is 20.2. The van der Waals surface area contributed by atoms with E-state index in [0.29, 0.717) is 17.9 Å². The summed E-state index contributed by atoms with van der Waals surface area (Å²) in [5, 5.41) is 0. The first-order valence-corrected chi connectivity index (χ1v) is 9.94. The van der Waals surface area contributed by atoms with Crippen molar-refractivity contribution >= 4 is 39.0 Å². The third kappa shape index (κ3) is 3.04. The van der Waals surface area contributed by atoms with Crippen molar-refractivity contribution in [3.05, 3.63) is 72.2 Å². The molecular formula is C19H14BrN3O3S. The lowest BCUT2D eigenvalue weighted by Gasteiger charge is -2.25. The van der Waals surface area contributed by atoms with Crippen molar-refractivity contribution in [3.8, 4) is 11.5 Å².